The van der Waals surface area contributed by atoms with Crippen LogP contribution in [0.4, 0.5) is 0 Å². The standard InChI is InChI=1S/C8H17Cl6NO2Si2/c1-5-16-18(3,7(9,10)11)15-19(4,17-6-2)8(12,13)14/h15H,5-6H2,1-4H3. The summed E-state index contributed by atoms with van der Waals surface area (Å²) >= 11 is 36.1. The van der Waals surface area contributed by atoms with Gasteiger partial charge in [0.25, 0.3) is 0 Å². The molecule has 0 aliphatic heterocycles. The van der Waals surface area contributed by atoms with E-state index in [2.05, 4.69) is 4.65 Å². The van der Waals surface area contributed by atoms with Gasteiger partial charge in [0.15, 0.2) is 0 Å². The van der Waals surface area contributed by atoms with E-state index in [1.807, 2.05) is 0 Å². The zero-order valence-electron chi connectivity index (χ0n) is 11.0. The van der Waals surface area contributed by atoms with Crippen molar-refractivity contribution in [2.24, 2.45) is 0 Å². The summed E-state index contributed by atoms with van der Waals surface area (Å²) in [6, 6.07) is 0. The number of nitrogens with one attached hydrogen (secondary N) is 1. The lowest BCUT2D eigenvalue weighted by molar-refractivity contribution is 0.297. The lowest BCUT2D eigenvalue weighted by Crippen LogP contribution is -2.75. The lowest BCUT2D eigenvalue weighted by Gasteiger charge is -2.43. The first-order valence-corrected chi connectivity index (χ1v) is 12.6. The van der Waals surface area contributed by atoms with Crippen molar-refractivity contribution in [1.29, 1.82) is 0 Å². The third-order valence-corrected chi connectivity index (χ3v) is 16.6. The summed E-state index contributed by atoms with van der Waals surface area (Å²) in [6.07, 6.45) is 0. The van der Waals surface area contributed by atoms with Gasteiger partial charge >= 0.3 is 17.0 Å². The van der Waals surface area contributed by atoms with Crippen LogP contribution in [0.3, 0.4) is 0 Å². The molecule has 0 heterocycles. The molecule has 2 unspecified atom stereocenters. The molecule has 1 N–H and O–H groups in total. The molecule has 2 atom stereocenters. The molecule has 0 aromatic heterocycles. The van der Waals surface area contributed by atoms with Gasteiger partial charge in [-0.15, -0.1) is 0 Å². The van der Waals surface area contributed by atoms with Crippen molar-refractivity contribution in [3.05, 3.63) is 0 Å². The zero-order chi connectivity index (χ0) is 15.5. The molecule has 0 aliphatic carbocycles. The van der Waals surface area contributed by atoms with Crippen molar-refractivity contribution in [1.82, 2.24) is 4.65 Å². The van der Waals surface area contributed by atoms with Crippen LogP contribution in [0.15, 0.2) is 0 Å². The Morgan fingerprint density at radius 2 is 1.05 bits per heavy atom. The minimum atomic E-state index is -3.00. The Hall–Kier alpha value is 2.05. The van der Waals surface area contributed by atoms with E-state index in [1.54, 1.807) is 26.9 Å². The van der Waals surface area contributed by atoms with Crippen LogP contribution in [0.25, 0.3) is 0 Å². The van der Waals surface area contributed by atoms with Gasteiger partial charge in [0.1, 0.15) is 0 Å². The average Bonchev–Trinajstić information content (AvgIpc) is 2.14. The van der Waals surface area contributed by atoms with Crippen molar-refractivity contribution in [2.75, 3.05) is 13.2 Å². The molecule has 0 aliphatic rings. The lowest BCUT2D eigenvalue weighted by atomic mass is 10.9. The van der Waals surface area contributed by atoms with Gasteiger partial charge in [-0.25, -0.2) is 0 Å². The fourth-order valence-corrected chi connectivity index (χ4v) is 11.8. The summed E-state index contributed by atoms with van der Waals surface area (Å²) < 4.78 is 11.2. The SMILES string of the molecule is CCO[Si](C)(N[Si](C)(OCC)C(Cl)(Cl)Cl)C(Cl)(Cl)Cl. The Balaban J connectivity index is 5.41. The van der Waals surface area contributed by atoms with Crippen LogP contribution < -0.4 is 4.65 Å². The Morgan fingerprint density at radius 3 is 1.21 bits per heavy atom. The molecule has 0 saturated carbocycles. The van der Waals surface area contributed by atoms with Gasteiger partial charge in [0.05, 0.1) is 0 Å². The van der Waals surface area contributed by atoms with Crippen molar-refractivity contribution in [2.45, 2.75) is 33.8 Å². The summed E-state index contributed by atoms with van der Waals surface area (Å²) in [5, 5.41) is 0. The van der Waals surface area contributed by atoms with E-state index >= 15 is 0 Å². The Labute approximate surface area is 146 Å². The van der Waals surface area contributed by atoms with E-state index in [-0.39, 0.29) is 0 Å². The molecule has 3 nitrogen and oxygen atoms in total. The van der Waals surface area contributed by atoms with Crippen LogP contribution in [0.5, 0.6) is 0 Å². The van der Waals surface area contributed by atoms with Gasteiger partial charge in [-0.05, 0) is 26.9 Å². The van der Waals surface area contributed by atoms with Crippen LogP contribution >= 0.6 is 69.6 Å². The molecule has 0 rings (SSSR count). The molecular weight excluding hydrogens is 411 g/mol. The molecule has 11 heteroatoms. The maximum absolute atomic E-state index is 6.02. The van der Waals surface area contributed by atoms with Gasteiger partial charge in [-0.2, -0.15) is 0 Å². The Bertz CT molecular complexity index is 272. The maximum Gasteiger partial charge on any atom is 0.315 e. The molecule has 0 bridgehead atoms. The van der Waals surface area contributed by atoms with Crippen LogP contribution in [-0.2, 0) is 8.85 Å². The number of alkyl halides is 6. The van der Waals surface area contributed by atoms with E-state index in [0.717, 1.165) is 0 Å². The molecule has 0 radical (unpaired) electrons. The van der Waals surface area contributed by atoms with Crippen molar-refractivity contribution in [3.8, 4) is 0 Å². The minimum Gasteiger partial charge on any atom is -0.401 e. The first-order valence-electron chi connectivity index (χ1n) is 5.53. The molecule has 0 spiro atoms. The number of rotatable bonds is 6. The summed E-state index contributed by atoms with van der Waals surface area (Å²) in [7, 11) is -6.01. The second-order valence-electron chi connectivity index (χ2n) is 4.05. The van der Waals surface area contributed by atoms with Crippen molar-refractivity contribution >= 4 is 86.6 Å². The monoisotopic (exact) mass is 425 g/mol. The second kappa shape index (κ2) is 7.55. The predicted molar refractivity (Wildman–Crippen MR) is 90.2 cm³/mol. The maximum atomic E-state index is 6.02. The second-order valence-corrected chi connectivity index (χ2v) is 17.7. The van der Waals surface area contributed by atoms with E-state index in [4.69, 9.17) is 78.5 Å². The molecule has 0 amide bonds. The molecule has 0 aromatic rings. The molecule has 19 heavy (non-hydrogen) atoms. The molecule has 0 aromatic carbocycles. The van der Waals surface area contributed by atoms with Gasteiger partial charge in [0.2, 0.25) is 6.83 Å². The quantitative estimate of drug-likeness (QED) is 0.495. The van der Waals surface area contributed by atoms with Crippen LogP contribution in [0.1, 0.15) is 13.8 Å². The highest BCUT2D eigenvalue weighted by Gasteiger charge is 2.60. The van der Waals surface area contributed by atoms with E-state index in [0.29, 0.717) is 13.2 Å². The molecular formula is C8H17Cl6NO2Si2. The fourth-order valence-electron chi connectivity index (χ4n) is 1.41. The van der Waals surface area contributed by atoms with E-state index in [1.165, 1.54) is 0 Å². The Kier molecular flexibility index (Phi) is 8.37. The van der Waals surface area contributed by atoms with E-state index in [9.17, 15) is 0 Å². The highest BCUT2D eigenvalue weighted by molar-refractivity contribution is 7.09. The minimum absolute atomic E-state index is 0.375. The van der Waals surface area contributed by atoms with E-state index < -0.39 is 23.8 Å². The normalized spacial score (nSPS) is 19.9. The number of halogens is 6. The van der Waals surface area contributed by atoms with Crippen LogP contribution in [0, 0.1) is 0 Å². The summed E-state index contributed by atoms with van der Waals surface area (Å²) in [5.41, 5.74) is 0. The zero-order valence-corrected chi connectivity index (χ0v) is 17.5. The van der Waals surface area contributed by atoms with Gasteiger partial charge < -0.3 is 13.5 Å². The number of hydrogen-bond acceptors (Lipinski definition) is 3. The molecule has 0 fully saturated rings. The average molecular weight is 428 g/mol. The Morgan fingerprint density at radius 1 is 0.789 bits per heavy atom. The summed E-state index contributed by atoms with van der Waals surface area (Å²) in [5.74, 6) is 0. The number of hydrogen-bond donors (Lipinski definition) is 1. The van der Waals surface area contributed by atoms with Gasteiger partial charge in [-0.1, -0.05) is 69.6 Å². The van der Waals surface area contributed by atoms with Gasteiger partial charge in [-0.3, -0.25) is 0 Å². The van der Waals surface area contributed by atoms with Crippen LogP contribution in [0.2, 0.25) is 13.1 Å². The van der Waals surface area contributed by atoms with Crippen LogP contribution in [-0.4, -0.2) is 37.0 Å². The predicted octanol–water partition coefficient (Wildman–Crippen LogP) is 4.61. The third-order valence-electron chi connectivity index (χ3n) is 2.42. The largest absolute Gasteiger partial charge is 0.401 e. The van der Waals surface area contributed by atoms with Gasteiger partial charge in [0, 0.05) is 13.2 Å². The summed E-state index contributed by atoms with van der Waals surface area (Å²) in [4.78, 5) is 0. The van der Waals surface area contributed by atoms with Crippen molar-refractivity contribution < 1.29 is 8.85 Å². The van der Waals surface area contributed by atoms with Crippen molar-refractivity contribution in [3.63, 3.8) is 0 Å². The topological polar surface area (TPSA) is 30.5 Å². The third kappa shape index (κ3) is 5.64. The molecule has 0 saturated heterocycles. The first kappa shape index (κ1) is 21.1. The highest BCUT2D eigenvalue weighted by Crippen LogP contribution is 2.41. The first-order chi connectivity index (χ1) is 8.33. The highest BCUT2D eigenvalue weighted by atomic mass is 35.6. The summed E-state index contributed by atoms with van der Waals surface area (Å²) in [6.45, 7) is 7.78. The smallest absolute Gasteiger partial charge is 0.315 e. The molecule has 116 valence electrons. The fraction of sp³-hybridized carbons (Fsp3) is 1.00.